The number of hydrogen-bond acceptors (Lipinski definition) is 8. The van der Waals surface area contributed by atoms with Crippen molar-refractivity contribution in [1.82, 2.24) is 19.5 Å². The smallest absolute Gasteiger partial charge is 0.256 e. The second kappa shape index (κ2) is 12.2. The van der Waals surface area contributed by atoms with Crippen molar-refractivity contribution in [2.45, 2.75) is 43.2 Å². The van der Waals surface area contributed by atoms with Crippen molar-refractivity contribution in [2.75, 3.05) is 23.2 Å². The number of benzene rings is 3. The summed E-state index contributed by atoms with van der Waals surface area (Å²) < 4.78 is 44.1. The summed E-state index contributed by atoms with van der Waals surface area (Å²) >= 11 is 1.72. The van der Waals surface area contributed by atoms with E-state index >= 15 is 8.78 Å². The minimum absolute atomic E-state index is 0.0614. The van der Waals surface area contributed by atoms with Crippen LogP contribution in [-0.4, -0.2) is 60.4 Å². The molecule has 3 aromatic carbocycles. The lowest BCUT2D eigenvalue weighted by atomic mass is 9.76. The number of fused-ring (bicyclic) bond motifs is 1. The number of hydroxylamine groups is 1. The molecular weight excluding hydrogens is 695 g/mol. The van der Waals surface area contributed by atoms with Gasteiger partial charge in [0.1, 0.15) is 5.54 Å². The predicted octanol–water partition coefficient (Wildman–Crippen LogP) is 6.30. The molecule has 1 N–H and O–H groups in total. The molecule has 1 aliphatic rings. The third-order valence-electron chi connectivity index (χ3n) is 8.07. The van der Waals surface area contributed by atoms with E-state index in [0.29, 0.717) is 0 Å². The number of rotatable bonds is 10. The van der Waals surface area contributed by atoms with Crippen molar-refractivity contribution in [3.05, 3.63) is 114 Å². The number of aliphatic hydroxyl groups is 1. The van der Waals surface area contributed by atoms with Gasteiger partial charge in [-0.2, -0.15) is 15.0 Å². The van der Waals surface area contributed by atoms with Crippen LogP contribution in [-0.2, 0) is 15.1 Å². The quantitative estimate of drug-likeness (QED) is 0.0776. The number of nitrogens with zero attached hydrogens (tertiary/aromatic N) is 5. The van der Waals surface area contributed by atoms with E-state index in [1.807, 2.05) is 91.0 Å². The summed E-state index contributed by atoms with van der Waals surface area (Å²) in [6.07, 6.45) is -2.35. The van der Waals surface area contributed by atoms with Gasteiger partial charge in [-0.05, 0) is 30.5 Å². The van der Waals surface area contributed by atoms with Crippen LogP contribution in [0.4, 0.5) is 14.7 Å². The van der Waals surface area contributed by atoms with Gasteiger partial charge in [-0.3, -0.25) is 9.40 Å². The third-order valence-corrected chi connectivity index (χ3v) is 9.11. The fourth-order valence-electron chi connectivity index (χ4n) is 5.99. The molecule has 9 nitrogen and oxygen atoms in total. The average molecular weight is 728 g/mol. The topological polar surface area (TPSA) is 94.8 Å². The monoisotopic (exact) mass is 727 g/mol. The van der Waals surface area contributed by atoms with Crippen molar-refractivity contribution in [3.63, 3.8) is 0 Å². The maximum Gasteiger partial charge on any atom is 0.256 e. The van der Waals surface area contributed by atoms with E-state index in [0.717, 1.165) is 23.6 Å². The Morgan fingerprint density at radius 3 is 1.93 bits per heavy atom. The molecular formula is C33H32F2IN5O4. The van der Waals surface area contributed by atoms with Crippen molar-refractivity contribution >= 4 is 39.7 Å². The maximum absolute atomic E-state index is 16.1. The number of halogens is 3. The fourth-order valence-corrected chi connectivity index (χ4v) is 6.59. The highest BCUT2D eigenvalue weighted by molar-refractivity contribution is 14.1. The van der Waals surface area contributed by atoms with Gasteiger partial charge in [0.2, 0.25) is 11.7 Å². The predicted molar refractivity (Wildman–Crippen MR) is 174 cm³/mol. The van der Waals surface area contributed by atoms with Gasteiger partial charge in [0, 0.05) is 0 Å². The first-order valence-electron chi connectivity index (χ1n) is 14.4. The number of aliphatic hydroxyl groups excluding tert-OH is 1. The van der Waals surface area contributed by atoms with Crippen LogP contribution in [0.2, 0.25) is 0 Å². The molecule has 0 aliphatic carbocycles. The molecule has 1 saturated heterocycles. The highest BCUT2D eigenvalue weighted by Crippen LogP contribution is 2.50. The highest BCUT2D eigenvalue weighted by atomic mass is 127. The molecule has 0 amide bonds. The first-order chi connectivity index (χ1) is 21.7. The van der Waals surface area contributed by atoms with Gasteiger partial charge in [0.05, 0.1) is 24.5 Å². The van der Waals surface area contributed by atoms with Crippen LogP contribution in [0.15, 0.2) is 97.3 Å². The van der Waals surface area contributed by atoms with Crippen LogP contribution >= 0.6 is 22.6 Å². The molecule has 234 valence electrons. The molecule has 12 heteroatoms. The molecule has 1 aliphatic heterocycles. The summed E-state index contributed by atoms with van der Waals surface area (Å²) in [4.78, 5) is 20.3. The molecule has 2 aromatic heterocycles. The van der Waals surface area contributed by atoms with Crippen LogP contribution in [0.1, 0.15) is 36.8 Å². The standard InChI is InChI=1S/C33H32F2IN5O4/c1-4-44-27-25-26(40(21-37-25)29-31(2,34)28(42)32(35,20-36)45-29)38-30(39-27)41(43-3)33(22-14-8-5-9-15-22,23-16-10-6-11-17-23)24-18-12-7-13-19-24/h5-19,21,28-29,42H,4,20H2,1-3H3/t28-,29+,31+,32+/m0/s1. The Kier molecular flexibility index (Phi) is 8.50. The number of alkyl halides is 3. The lowest BCUT2D eigenvalue weighted by Crippen LogP contribution is -2.48. The summed E-state index contributed by atoms with van der Waals surface area (Å²) in [7, 11) is 1.52. The molecule has 45 heavy (non-hydrogen) atoms. The zero-order valence-electron chi connectivity index (χ0n) is 24.8. The third kappa shape index (κ3) is 5.03. The van der Waals surface area contributed by atoms with Crippen molar-refractivity contribution in [1.29, 1.82) is 0 Å². The molecule has 0 spiro atoms. The Morgan fingerprint density at radius 1 is 0.956 bits per heavy atom. The molecule has 0 radical (unpaired) electrons. The van der Waals surface area contributed by atoms with Crippen molar-refractivity contribution in [2.24, 2.45) is 0 Å². The molecule has 3 heterocycles. The van der Waals surface area contributed by atoms with Gasteiger partial charge in [-0.1, -0.05) is 114 Å². The molecule has 1 fully saturated rings. The van der Waals surface area contributed by atoms with Crippen molar-refractivity contribution < 1.29 is 28.2 Å². The lowest BCUT2D eigenvalue weighted by Gasteiger charge is -2.43. The van der Waals surface area contributed by atoms with E-state index < -0.39 is 29.4 Å². The zero-order chi connectivity index (χ0) is 31.8. The van der Waals surface area contributed by atoms with Crippen LogP contribution in [0.25, 0.3) is 11.2 Å². The molecule has 0 unspecified atom stereocenters. The first kappa shape index (κ1) is 31.3. The summed E-state index contributed by atoms with van der Waals surface area (Å²) in [5.74, 6) is -2.45. The van der Waals surface area contributed by atoms with E-state index in [1.54, 1.807) is 34.6 Å². The Balaban J connectivity index is 1.64. The van der Waals surface area contributed by atoms with Crippen LogP contribution in [0.3, 0.4) is 0 Å². The van der Waals surface area contributed by atoms with Gasteiger partial charge in [-0.15, -0.1) is 0 Å². The minimum atomic E-state index is -2.62. The molecule has 0 bridgehead atoms. The highest BCUT2D eigenvalue weighted by Gasteiger charge is 2.64. The van der Waals surface area contributed by atoms with Crippen LogP contribution < -0.4 is 9.80 Å². The fraction of sp³-hybridized carbons (Fsp3) is 0.303. The van der Waals surface area contributed by atoms with E-state index in [4.69, 9.17) is 24.3 Å². The second-order valence-electron chi connectivity index (χ2n) is 10.8. The summed E-state index contributed by atoms with van der Waals surface area (Å²) in [6.45, 7) is 3.14. The van der Waals surface area contributed by atoms with Crippen molar-refractivity contribution in [3.8, 4) is 5.88 Å². The molecule has 5 aromatic rings. The van der Waals surface area contributed by atoms with Gasteiger partial charge < -0.3 is 14.6 Å². The van der Waals surface area contributed by atoms with Gasteiger partial charge >= 0.3 is 0 Å². The number of anilines is 1. The SMILES string of the molecule is CCOc1nc(N(OC)C(c2ccccc2)(c2ccccc2)c2ccccc2)nc2c1ncn2[C@@H]1O[C@](F)(CI)[C@@H](O)[C@@]1(C)F. The Labute approximate surface area is 272 Å². The van der Waals surface area contributed by atoms with E-state index in [2.05, 4.69) is 4.98 Å². The molecule has 4 atom stereocenters. The summed E-state index contributed by atoms with van der Waals surface area (Å²) in [5.41, 5.74) is -0.794. The number of aromatic nitrogens is 4. The van der Waals surface area contributed by atoms with Crippen LogP contribution in [0.5, 0.6) is 5.88 Å². The lowest BCUT2D eigenvalue weighted by molar-refractivity contribution is -0.167. The number of ether oxygens (including phenoxy) is 2. The zero-order valence-corrected chi connectivity index (χ0v) is 27.0. The maximum atomic E-state index is 16.1. The minimum Gasteiger partial charge on any atom is -0.476 e. The van der Waals surface area contributed by atoms with E-state index in [9.17, 15) is 5.11 Å². The summed E-state index contributed by atoms with van der Waals surface area (Å²) in [6, 6.07) is 29.4. The van der Waals surface area contributed by atoms with Gasteiger partial charge in [0.15, 0.2) is 29.2 Å². The molecule has 0 saturated carbocycles. The van der Waals surface area contributed by atoms with E-state index in [-0.39, 0.29) is 34.0 Å². The number of imidazole rings is 1. The Morgan fingerprint density at radius 2 is 1.49 bits per heavy atom. The second-order valence-corrected chi connectivity index (χ2v) is 11.6. The Hall–Kier alpha value is -3.72. The van der Waals surface area contributed by atoms with Crippen LogP contribution in [0, 0.1) is 0 Å². The normalized spacial score (nSPS) is 23.4. The van der Waals surface area contributed by atoms with Gasteiger partial charge in [-0.25, -0.2) is 13.8 Å². The Bertz CT molecular complexity index is 1670. The largest absolute Gasteiger partial charge is 0.476 e. The summed E-state index contributed by atoms with van der Waals surface area (Å²) in [5, 5.41) is 12.2. The molecule has 6 rings (SSSR count). The van der Waals surface area contributed by atoms with Gasteiger partial charge in [0.25, 0.3) is 5.95 Å². The number of hydrogen-bond donors (Lipinski definition) is 1. The average Bonchev–Trinajstić information content (AvgIpc) is 3.57. The first-order valence-corrected chi connectivity index (χ1v) is 15.9. The van der Waals surface area contributed by atoms with E-state index in [1.165, 1.54) is 18.0 Å².